The summed E-state index contributed by atoms with van der Waals surface area (Å²) in [6.45, 7) is 1.85. The van der Waals surface area contributed by atoms with Crippen molar-refractivity contribution < 1.29 is 4.79 Å². The summed E-state index contributed by atoms with van der Waals surface area (Å²) in [5.41, 5.74) is 2.83. The van der Waals surface area contributed by atoms with Crippen LogP contribution in [0.5, 0.6) is 0 Å². The molecule has 2 amide bonds. The predicted octanol–water partition coefficient (Wildman–Crippen LogP) is 3.72. The van der Waals surface area contributed by atoms with Crippen LogP contribution in [0.4, 0.5) is 22.1 Å². The van der Waals surface area contributed by atoms with Gasteiger partial charge < -0.3 is 15.2 Å². The van der Waals surface area contributed by atoms with Gasteiger partial charge in [-0.05, 0) is 36.6 Å². The average Bonchev–Trinajstić information content (AvgIpc) is 3.42. The Bertz CT molecular complexity index is 1210. The molecule has 0 bridgehead atoms. The molecule has 1 saturated heterocycles. The second-order valence-electron chi connectivity index (χ2n) is 7.80. The zero-order valence-electron chi connectivity index (χ0n) is 17.2. The second kappa shape index (κ2) is 8.10. The van der Waals surface area contributed by atoms with E-state index in [2.05, 4.69) is 47.7 Å². The first-order chi connectivity index (χ1) is 15.2. The lowest BCUT2D eigenvalue weighted by atomic mass is 9.90. The topological polar surface area (TPSA) is 104 Å². The Morgan fingerprint density at radius 3 is 3.00 bits per heavy atom. The molecule has 3 N–H and O–H groups in total. The molecule has 1 atom stereocenters. The van der Waals surface area contributed by atoms with Gasteiger partial charge in [0.1, 0.15) is 17.8 Å². The minimum atomic E-state index is -0.308. The lowest BCUT2D eigenvalue weighted by Gasteiger charge is -2.34. The molecule has 9 nitrogen and oxygen atoms in total. The van der Waals surface area contributed by atoms with Gasteiger partial charge in [0.05, 0.1) is 5.39 Å². The molecule has 0 saturated carbocycles. The van der Waals surface area contributed by atoms with Gasteiger partial charge in [-0.1, -0.05) is 12.1 Å². The number of hydrogen-bond acceptors (Lipinski definition) is 5. The maximum Gasteiger partial charge on any atom is 0.324 e. The highest BCUT2D eigenvalue weighted by molar-refractivity contribution is 5.99. The molecule has 3 aromatic heterocycles. The van der Waals surface area contributed by atoms with Crippen LogP contribution in [0.25, 0.3) is 11.0 Å². The molecule has 1 fully saturated rings. The van der Waals surface area contributed by atoms with Crippen LogP contribution in [0.3, 0.4) is 0 Å². The van der Waals surface area contributed by atoms with E-state index in [4.69, 9.17) is 0 Å². The van der Waals surface area contributed by atoms with Crippen LogP contribution >= 0.6 is 0 Å². The fourth-order valence-electron chi connectivity index (χ4n) is 4.18. The molecule has 0 spiro atoms. The van der Waals surface area contributed by atoms with Crippen molar-refractivity contribution >= 4 is 34.4 Å². The minimum absolute atomic E-state index is 0.308. The van der Waals surface area contributed by atoms with Crippen molar-refractivity contribution in [1.29, 1.82) is 0 Å². The summed E-state index contributed by atoms with van der Waals surface area (Å²) in [7, 11) is 1.81. The Morgan fingerprint density at radius 2 is 2.13 bits per heavy atom. The van der Waals surface area contributed by atoms with E-state index in [0.29, 0.717) is 11.7 Å². The summed E-state index contributed by atoms with van der Waals surface area (Å²) >= 11 is 0. The largest absolute Gasteiger partial charge is 0.355 e. The maximum absolute atomic E-state index is 12.3. The SMILES string of the molecule is Cn1ccc(NC(=O)Nc2cccc(C3CCCN(c4ncnc5[nH]ccc45)C3)c2)n1. The van der Waals surface area contributed by atoms with Gasteiger partial charge in [0.2, 0.25) is 0 Å². The van der Waals surface area contributed by atoms with E-state index in [9.17, 15) is 4.79 Å². The molecule has 5 rings (SSSR count). The number of aromatic amines is 1. The molecular formula is C22H24N8O. The Kier molecular flexibility index (Phi) is 4.99. The first-order valence-electron chi connectivity index (χ1n) is 10.4. The molecule has 1 aromatic carbocycles. The van der Waals surface area contributed by atoms with Crippen LogP contribution in [0.1, 0.15) is 24.3 Å². The van der Waals surface area contributed by atoms with Gasteiger partial charge in [-0.25, -0.2) is 14.8 Å². The number of aryl methyl sites for hydroxylation is 1. The smallest absolute Gasteiger partial charge is 0.324 e. The van der Waals surface area contributed by atoms with Gasteiger partial charge in [0, 0.05) is 50.2 Å². The number of urea groups is 1. The lowest BCUT2D eigenvalue weighted by molar-refractivity contribution is 0.262. The number of anilines is 3. The van der Waals surface area contributed by atoms with E-state index < -0.39 is 0 Å². The number of piperidine rings is 1. The Labute approximate surface area is 179 Å². The van der Waals surface area contributed by atoms with Crippen LogP contribution in [0, 0.1) is 0 Å². The molecule has 1 aliphatic heterocycles. The first kappa shape index (κ1) is 19.1. The highest BCUT2D eigenvalue weighted by Gasteiger charge is 2.24. The third-order valence-corrected chi connectivity index (χ3v) is 5.62. The van der Waals surface area contributed by atoms with Crippen molar-refractivity contribution in [2.75, 3.05) is 28.6 Å². The molecule has 1 unspecified atom stereocenters. The van der Waals surface area contributed by atoms with E-state index in [1.807, 2.05) is 31.4 Å². The van der Waals surface area contributed by atoms with Crippen molar-refractivity contribution in [2.24, 2.45) is 7.05 Å². The van der Waals surface area contributed by atoms with Crippen LogP contribution < -0.4 is 15.5 Å². The molecule has 31 heavy (non-hydrogen) atoms. The maximum atomic E-state index is 12.3. The molecule has 4 heterocycles. The van der Waals surface area contributed by atoms with Crippen molar-refractivity contribution in [3.63, 3.8) is 0 Å². The van der Waals surface area contributed by atoms with Gasteiger partial charge in [-0.3, -0.25) is 10.00 Å². The quantitative estimate of drug-likeness (QED) is 0.470. The minimum Gasteiger partial charge on any atom is -0.355 e. The summed E-state index contributed by atoms with van der Waals surface area (Å²) in [4.78, 5) is 26.7. The second-order valence-corrected chi connectivity index (χ2v) is 7.80. The highest BCUT2D eigenvalue weighted by atomic mass is 16.2. The van der Waals surface area contributed by atoms with Crippen LogP contribution in [0.15, 0.2) is 55.1 Å². The third-order valence-electron chi connectivity index (χ3n) is 5.62. The summed E-state index contributed by atoms with van der Waals surface area (Å²) in [6, 6.07) is 11.5. The van der Waals surface area contributed by atoms with Crippen molar-refractivity contribution in [3.05, 3.63) is 60.7 Å². The van der Waals surface area contributed by atoms with E-state index in [1.165, 1.54) is 5.56 Å². The van der Waals surface area contributed by atoms with E-state index in [-0.39, 0.29) is 6.03 Å². The lowest BCUT2D eigenvalue weighted by Crippen LogP contribution is -2.35. The van der Waals surface area contributed by atoms with Crippen molar-refractivity contribution in [2.45, 2.75) is 18.8 Å². The molecule has 1 aliphatic rings. The molecule has 0 radical (unpaired) electrons. The number of aromatic nitrogens is 5. The number of rotatable bonds is 4. The van der Waals surface area contributed by atoms with Gasteiger partial charge in [-0.2, -0.15) is 5.10 Å². The average molecular weight is 416 g/mol. The Morgan fingerprint density at radius 1 is 1.19 bits per heavy atom. The standard InChI is InChI=1S/C22H24N8O/c1-29-11-8-19(28-29)27-22(31)26-17-6-2-4-15(12-17)16-5-3-10-30(13-16)21-18-7-9-23-20(18)24-14-25-21/h2,4,6-9,11-12,14,16H,3,5,10,13H2,1H3,(H,23,24,25)(H2,26,27,28,31). The molecule has 0 aliphatic carbocycles. The van der Waals surface area contributed by atoms with Gasteiger partial charge in [0.25, 0.3) is 0 Å². The summed E-state index contributed by atoms with van der Waals surface area (Å²) in [5.74, 6) is 1.85. The normalized spacial score (nSPS) is 16.4. The number of nitrogens with zero attached hydrogens (tertiary/aromatic N) is 5. The van der Waals surface area contributed by atoms with Gasteiger partial charge in [0.15, 0.2) is 5.82 Å². The number of carbonyl (C=O) groups excluding carboxylic acids is 1. The molecule has 9 heteroatoms. The molecule has 4 aromatic rings. The van der Waals surface area contributed by atoms with Gasteiger partial charge in [-0.15, -0.1) is 0 Å². The van der Waals surface area contributed by atoms with Gasteiger partial charge >= 0.3 is 6.03 Å². The van der Waals surface area contributed by atoms with Crippen molar-refractivity contribution in [3.8, 4) is 0 Å². The number of hydrogen-bond donors (Lipinski definition) is 3. The van der Waals surface area contributed by atoms with E-state index >= 15 is 0 Å². The van der Waals surface area contributed by atoms with Crippen LogP contribution in [-0.4, -0.2) is 43.9 Å². The van der Waals surface area contributed by atoms with Crippen LogP contribution in [-0.2, 0) is 7.05 Å². The fraction of sp³-hybridized carbons (Fsp3) is 0.273. The molecule has 158 valence electrons. The van der Waals surface area contributed by atoms with Crippen molar-refractivity contribution in [1.82, 2.24) is 24.7 Å². The zero-order valence-corrected chi connectivity index (χ0v) is 17.2. The predicted molar refractivity (Wildman–Crippen MR) is 120 cm³/mol. The number of nitrogens with one attached hydrogen (secondary N) is 3. The number of fused-ring (bicyclic) bond motifs is 1. The number of H-pyrrole nitrogens is 1. The Hall–Kier alpha value is -3.88. The zero-order chi connectivity index (χ0) is 21.2. The summed E-state index contributed by atoms with van der Waals surface area (Å²) in [6.07, 6.45) is 7.47. The number of carbonyl (C=O) groups is 1. The monoisotopic (exact) mass is 416 g/mol. The Balaban J connectivity index is 1.30. The summed E-state index contributed by atoms with van der Waals surface area (Å²) < 4.78 is 1.64. The number of benzene rings is 1. The van der Waals surface area contributed by atoms with E-state index in [0.717, 1.165) is 48.5 Å². The van der Waals surface area contributed by atoms with Crippen LogP contribution in [0.2, 0.25) is 0 Å². The third kappa shape index (κ3) is 4.07. The molecular weight excluding hydrogens is 392 g/mol. The summed E-state index contributed by atoms with van der Waals surface area (Å²) in [5, 5.41) is 10.9. The van der Waals surface area contributed by atoms with E-state index in [1.54, 1.807) is 23.3 Å². The number of amides is 2. The highest BCUT2D eigenvalue weighted by Crippen LogP contribution is 2.32. The fourth-order valence-corrected chi connectivity index (χ4v) is 4.18. The first-order valence-corrected chi connectivity index (χ1v) is 10.4.